The molecule has 2 heterocycles. The number of para-hydroxylation sites is 2. The van der Waals surface area contributed by atoms with Crippen LogP contribution in [-0.2, 0) is 4.79 Å². The second kappa shape index (κ2) is 9.30. The molecule has 0 radical (unpaired) electrons. The van der Waals surface area contributed by atoms with E-state index in [1.165, 1.54) is 6.92 Å². The zero-order chi connectivity index (χ0) is 24.4. The smallest absolute Gasteiger partial charge is 0.327 e. The van der Waals surface area contributed by atoms with Gasteiger partial charge >= 0.3 is 12.0 Å². The molecule has 0 saturated heterocycles. The first-order chi connectivity index (χ1) is 17.0. The van der Waals surface area contributed by atoms with Crippen LogP contribution in [0.1, 0.15) is 18.2 Å². The maximum Gasteiger partial charge on any atom is 0.327 e. The van der Waals surface area contributed by atoms with Crippen molar-refractivity contribution in [3.05, 3.63) is 96.2 Å². The van der Waals surface area contributed by atoms with Crippen LogP contribution in [0.5, 0.6) is 29.1 Å². The molecule has 174 valence electrons. The molecule has 0 unspecified atom stereocenters. The Labute approximate surface area is 202 Å². The van der Waals surface area contributed by atoms with E-state index >= 15 is 0 Å². The van der Waals surface area contributed by atoms with Gasteiger partial charge in [-0.2, -0.15) is 9.97 Å². The van der Waals surface area contributed by atoms with E-state index < -0.39 is 5.97 Å². The molecule has 0 fully saturated rings. The van der Waals surface area contributed by atoms with Crippen molar-refractivity contribution in [1.29, 1.82) is 0 Å². The number of aryl methyl sites for hydroxylation is 1. The number of aromatic nitrogens is 3. The van der Waals surface area contributed by atoms with Gasteiger partial charge in [0.15, 0.2) is 5.75 Å². The number of hydrogen-bond donors (Lipinski definition) is 0. The number of carbonyl (C=O) groups is 1. The van der Waals surface area contributed by atoms with Crippen molar-refractivity contribution in [3.63, 3.8) is 0 Å². The van der Waals surface area contributed by atoms with Gasteiger partial charge in [0, 0.05) is 18.4 Å². The van der Waals surface area contributed by atoms with Gasteiger partial charge in [0.25, 0.3) is 0 Å². The van der Waals surface area contributed by atoms with Crippen molar-refractivity contribution in [2.75, 3.05) is 0 Å². The minimum Gasteiger partial charge on any atom is -0.439 e. The summed E-state index contributed by atoms with van der Waals surface area (Å²) in [5.41, 5.74) is 2.60. The number of rotatable bonds is 6. The van der Waals surface area contributed by atoms with Crippen molar-refractivity contribution in [3.8, 4) is 35.0 Å². The standard InChI is InChI=1S/C28H23N3O4/c1-18-14-15-24-23(16-18)27(33-20(3)32)19(2)31(24)25-17-26(34-21-10-6-4-7-11-21)30-28(29-25)35-22-12-8-5-9-13-22/h4-17H,1-3H3. The van der Waals surface area contributed by atoms with Crippen LogP contribution in [0.4, 0.5) is 0 Å². The number of fused-ring (bicyclic) bond motifs is 1. The summed E-state index contributed by atoms with van der Waals surface area (Å²) in [6.45, 7) is 5.26. The van der Waals surface area contributed by atoms with Crippen LogP contribution in [0.2, 0.25) is 0 Å². The molecule has 0 aliphatic heterocycles. The molecule has 0 saturated carbocycles. The molecule has 0 bridgehead atoms. The Hall–Kier alpha value is -4.65. The van der Waals surface area contributed by atoms with Crippen molar-refractivity contribution >= 4 is 16.9 Å². The van der Waals surface area contributed by atoms with Crippen molar-refractivity contribution < 1.29 is 19.0 Å². The SMILES string of the molecule is CC(=O)Oc1c(C)n(-c2cc(Oc3ccccc3)nc(Oc3ccccc3)n2)c2ccc(C)cc12. The zero-order valence-corrected chi connectivity index (χ0v) is 19.6. The van der Waals surface area contributed by atoms with Crippen LogP contribution >= 0.6 is 0 Å². The second-order valence-corrected chi connectivity index (χ2v) is 8.04. The Kier molecular flexibility index (Phi) is 5.89. The van der Waals surface area contributed by atoms with Gasteiger partial charge in [-0.25, -0.2) is 0 Å². The molecule has 0 atom stereocenters. The molecule has 0 aliphatic carbocycles. The summed E-state index contributed by atoms with van der Waals surface area (Å²) in [6, 6.07) is 26.5. The molecule has 0 aliphatic rings. The van der Waals surface area contributed by atoms with Crippen molar-refractivity contribution in [2.24, 2.45) is 0 Å². The van der Waals surface area contributed by atoms with Gasteiger partial charge in [-0.05, 0) is 50.2 Å². The monoisotopic (exact) mass is 465 g/mol. The highest BCUT2D eigenvalue weighted by molar-refractivity contribution is 5.92. The van der Waals surface area contributed by atoms with E-state index in [1.54, 1.807) is 6.07 Å². The Morgan fingerprint density at radius 3 is 2.11 bits per heavy atom. The van der Waals surface area contributed by atoms with Gasteiger partial charge in [-0.1, -0.05) is 48.0 Å². The van der Waals surface area contributed by atoms with Gasteiger partial charge in [0.2, 0.25) is 5.88 Å². The number of carbonyl (C=O) groups excluding carboxylic acids is 1. The quantitative estimate of drug-likeness (QED) is 0.265. The molecule has 0 amide bonds. The molecule has 2 aromatic heterocycles. The lowest BCUT2D eigenvalue weighted by atomic mass is 10.1. The number of hydrogen-bond acceptors (Lipinski definition) is 6. The van der Waals surface area contributed by atoms with Crippen LogP contribution in [0, 0.1) is 13.8 Å². The molecule has 0 N–H and O–H groups in total. The highest BCUT2D eigenvalue weighted by Crippen LogP contribution is 2.37. The summed E-state index contributed by atoms with van der Waals surface area (Å²) in [4.78, 5) is 21.0. The largest absolute Gasteiger partial charge is 0.439 e. The average Bonchev–Trinajstić information content (AvgIpc) is 3.10. The number of benzene rings is 3. The molecular formula is C28H23N3O4. The van der Waals surface area contributed by atoms with Crippen LogP contribution in [0.25, 0.3) is 16.7 Å². The third-order valence-electron chi connectivity index (χ3n) is 5.36. The van der Waals surface area contributed by atoms with Crippen molar-refractivity contribution in [2.45, 2.75) is 20.8 Å². The van der Waals surface area contributed by atoms with Crippen LogP contribution in [0.3, 0.4) is 0 Å². The molecule has 7 nitrogen and oxygen atoms in total. The maximum absolute atomic E-state index is 11.9. The van der Waals surface area contributed by atoms with E-state index in [-0.39, 0.29) is 6.01 Å². The summed E-state index contributed by atoms with van der Waals surface area (Å²) in [7, 11) is 0. The molecule has 7 heteroatoms. The minimum atomic E-state index is -0.391. The van der Waals surface area contributed by atoms with E-state index in [1.807, 2.05) is 97.3 Å². The average molecular weight is 466 g/mol. The molecule has 5 rings (SSSR count). The highest BCUT2D eigenvalue weighted by Gasteiger charge is 2.21. The third kappa shape index (κ3) is 4.70. The first-order valence-electron chi connectivity index (χ1n) is 11.1. The first kappa shape index (κ1) is 22.2. The maximum atomic E-state index is 11.9. The lowest BCUT2D eigenvalue weighted by molar-refractivity contribution is -0.131. The highest BCUT2D eigenvalue weighted by atomic mass is 16.5. The van der Waals surface area contributed by atoms with E-state index in [0.29, 0.717) is 28.9 Å². The Morgan fingerprint density at radius 1 is 0.800 bits per heavy atom. The van der Waals surface area contributed by atoms with Gasteiger partial charge in [0.1, 0.15) is 17.3 Å². The van der Waals surface area contributed by atoms with Gasteiger partial charge in [0.05, 0.1) is 11.2 Å². The van der Waals surface area contributed by atoms with Crippen molar-refractivity contribution in [1.82, 2.24) is 14.5 Å². The number of ether oxygens (including phenoxy) is 3. The number of nitrogens with zero attached hydrogens (tertiary/aromatic N) is 3. The summed E-state index contributed by atoms with van der Waals surface area (Å²) in [5, 5.41) is 0.812. The normalized spacial score (nSPS) is 10.8. The molecular weight excluding hydrogens is 442 g/mol. The Morgan fingerprint density at radius 2 is 1.46 bits per heavy atom. The lowest BCUT2D eigenvalue weighted by Gasteiger charge is -2.12. The zero-order valence-electron chi connectivity index (χ0n) is 19.6. The topological polar surface area (TPSA) is 75.5 Å². The molecule has 0 spiro atoms. The minimum absolute atomic E-state index is 0.127. The van der Waals surface area contributed by atoms with Crippen LogP contribution in [-0.4, -0.2) is 20.5 Å². The van der Waals surface area contributed by atoms with E-state index in [2.05, 4.69) is 9.97 Å². The fourth-order valence-corrected chi connectivity index (χ4v) is 3.88. The van der Waals surface area contributed by atoms with Gasteiger partial charge in [-0.15, -0.1) is 0 Å². The fourth-order valence-electron chi connectivity index (χ4n) is 3.88. The second-order valence-electron chi connectivity index (χ2n) is 8.04. The molecule has 3 aromatic carbocycles. The predicted octanol–water partition coefficient (Wildman–Crippen LogP) is 6.55. The Bertz CT molecular complexity index is 1450. The Balaban J connectivity index is 1.68. The number of esters is 1. The first-order valence-corrected chi connectivity index (χ1v) is 11.1. The summed E-state index contributed by atoms with van der Waals surface area (Å²) >= 11 is 0. The molecule has 5 aromatic rings. The summed E-state index contributed by atoms with van der Waals surface area (Å²) in [6.07, 6.45) is 0. The fraction of sp³-hybridized carbons (Fsp3) is 0.107. The van der Waals surface area contributed by atoms with E-state index in [0.717, 1.165) is 22.2 Å². The van der Waals surface area contributed by atoms with E-state index in [9.17, 15) is 4.79 Å². The van der Waals surface area contributed by atoms with Gasteiger partial charge in [-0.3, -0.25) is 9.36 Å². The summed E-state index contributed by atoms with van der Waals surface area (Å²) < 4.78 is 19.5. The predicted molar refractivity (Wildman–Crippen MR) is 133 cm³/mol. The third-order valence-corrected chi connectivity index (χ3v) is 5.36. The van der Waals surface area contributed by atoms with Crippen LogP contribution in [0.15, 0.2) is 84.9 Å². The summed E-state index contributed by atoms with van der Waals surface area (Å²) in [5.74, 6) is 2.16. The van der Waals surface area contributed by atoms with Crippen LogP contribution < -0.4 is 14.2 Å². The molecule has 35 heavy (non-hydrogen) atoms. The van der Waals surface area contributed by atoms with Gasteiger partial charge < -0.3 is 14.2 Å². The van der Waals surface area contributed by atoms with E-state index in [4.69, 9.17) is 14.2 Å². The lowest BCUT2D eigenvalue weighted by Crippen LogP contribution is -2.06.